The Morgan fingerprint density at radius 2 is 1.53 bits per heavy atom. The topological polar surface area (TPSA) is 27.7 Å². The van der Waals surface area contributed by atoms with Crippen LogP contribution in [0.15, 0.2) is 35.5 Å². The summed E-state index contributed by atoms with van der Waals surface area (Å²) < 4.78 is 17.4. The van der Waals surface area contributed by atoms with Gasteiger partial charge in [-0.15, -0.1) is 0 Å². The van der Waals surface area contributed by atoms with Crippen LogP contribution in [-0.2, 0) is 14.0 Å². The Morgan fingerprint density at radius 1 is 1.05 bits per heavy atom. The number of allylic oxidation sites excluding steroid dienone is 4. The number of rotatable bonds is 4. The van der Waals surface area contributed by atoms with E-state index in [1.165, 1.54) is 0 Å². The molecule has 0 aliphatic carbocycles. The molecular weight excluding hydrogens is 239 g/mol. The van der Waals surface area contributed by atoms with E-state index >= 15 is 0 Å². The summed E-state index contributed by atoms with van der Waals surface area (Å²) >= 11 is 0. The second-order valence-corrected chi connectivity index (χ2v) is 6.02. The molecule has 1 aliphatic heterocycles. The second kappa shape index (κ2) is 5.55. The van der Waals surface area contributed by atoms with Gasteiger partial charge in [-0.2, -0.15) is 0 Å². The van der Waals surface area contributed by atoms with Crippen molar-refractivity contribution in [3.8, 4) is 0 Å². The minimum Gasteiger partial charge on any atom is -0.497 e. The highest BCUT2D eigenvalue weighted by atomic mass is 16.7. The summed E-state index contributed by atoms with van der Waals surface area (Å²) in [5, 5.41) is 0. The first kappa shape index (κ1) is 16.1. The zero-order chi connectivity index (χ0) is 14.8. The van der Waals surface area contributed by atoms with Gasteiger partial charge >= 0.3 is 7.12 Å². The molecule has 0 aromatic rings. The minimum absolute atomic E-state index is 0.337. The van der Waals surface area contributed by atoms with Gasteiger partial charge in [0.2, 0.25) is 0 Å². The van der Waals surface area contributed by atoms with E-state index in [1.54, 1.807) is 7.11 Å². The molecule has 1 heterocycles. The predicted molar refractivity (Wildman–Crippen MR) is 79.7 cm³/mol. The van der Waals surface area contributed by atoms with Crippen LogP contribution in [0, 0.1) is 0 Å². The third-order valence-electron chi connectivity index (χ3n) is 3.73. The summed E-state index contributed by atoms with van der Waals surface area (Å²) in [6.07, 6.45) is 3.80. The predicted octanol–water partition coefficient (Wildman–Crippen LogP) is 3.67. The van der Waals surface area contributed by atoms with Crippen LogP contribution in [0.1, 0.15) is 41.5 Å². The molecule has 0 amide bonds. The highest BCUT2D eigenvalue weighted by Crippen LogP contribution is 2.39. The SMILES string of the molecule is C=C(C)/C=C\C(OC)=C(/C)B1OC(C)(C)C(C)(C)O1. The molecule has 0 aromatic carbocycles. The molecule has 0 unspecified atom stereocenters. The van der Waals surface area contributed by atoms with Crippen molar-refractivity contribution in [2.24, 2.45) is 0 Å². The molecule has 0 saturated carbocycles. The maximum absolute atomic E-state index is 6.00. The average molecular weight is 264 g/mol. The Bertz CT molecular complexity index is 403. The van der Waals surface area contributed by atoms with Gasteiger partial charge in [0, 0.05) is 0 Å². The molecule has 1 saturated heterocycles. The largest absolute Gasteiger partial charge is 0.497 e. The summed E-state index contributed by atoms with van der Waals surface area (Å²) in [6, 6.07) is 0. The molecule has 1 rings (SSSR count). The minimum atomic E-state index is -0.380. The molecule has 3 nitrogen and oxygen atoms in total. The lowest BCUT2D eigenvalue weighted by atomic mass is 9.78. The van der Waals surface area contributed by atoms with Crippen LogP contribution in [0.4, 0.5) is 0 Å². The van der Waals surface area contributed by atoms with Crippen LogP contribution in [-0.4, -0.2) is 25.4 Å². The molecule has 1 fully saturated rings. The number of hydrogen-bond donors (Lipinski definition) is 0. The van der Waals surface area contributed by atoms with Crippen molar-refractivity contribution >= 4 is 7.12 Å². The van der Waals surface area contributed by atoms with Gasteiger partial charge < -0.3 is 14.0 Å². The van der Waals surface area contributed by atoms with Crippen molar-refractivity contribution in [1.29, 1.82) is 0 Å². The average Bonchev–Trinajstić information content (AvgIpc) is 2.48. The van der Waals surface area contributed by atoms with Gasteiger partial charge in [-0.1, -0.05) is 18.2 Å². The molecule has 4 heteroatoms. The summed E-state index contributed by atoms with van der Waals surface area (Å²) in [5.74, 6) is 0.751. The lowest BCUT2D eigenvalue weighted by Gasteiger charge is -2.32. The van der Waals surface area contributed by atoms with Crippen molar-refractivity contribution in [1.82, 2.24) is 0 Å². The van der Waals surface area contributed by atoms with Crippen molar-refractivity contribution in [2.45, 2.75) is 52.7 Å². The standard InChI is InChI=1S/C15H25BO3/c1-11(2)9-10-13(17-8)12(3)16-18-14(4,5)15(6,7)19-16/h9-10H,1H2,2-8H3/b10-9-,13-12-. The second-order valence-electron chi connectivity index (χ2n) is 6.02. The molecule has 1 aliphatic rings. The number of hydrogen-bond acceptors (Lipinski definition) is 3. The van der Waals surface area contributed by atoms with E-state index in [-0.39, 0.29) is 18.3 Å². The fraction of sp³-hybridized carbons (Fsp3) is 0.600. The van der Waals surface area contributed by atoms with Gasteiger partial charge in [0.15, 0.2) is 0 Å². The summed E-state index contributed by atoms with van der Waals surface area (Å²) in [5.41, 5.74) is 1.22. The molecule has 0 spiro atoms. The first-order valence-corrected chi connectivity index (χ1v) is 6.54. The van der Waals surface area contributed by atoms with E-state index in [2.05, 4.69) is 6.58 Å². The van der Waals surface area contributed by atoms with E-state index < -0.39 is 0 Å². The van der Waals surface area contributed by atoms with Crippen molar-refractivity contribution in [3.63, 3.8) is 0 Å². The van der Waals surface area contributed by atoms with Gasteiger partial charge in [-0.25, -0.2) is 0 Å². The Labute approximate surface area is 117 Å². The van der Waals surface area contributed by atoms with Crippen LogP contribution in [0.5, 0.6) is 0 Å². The maximum Gasteiger partial charge on any atom is 0.494 e. The molecule has 0 atom stereocenters. The highest BCUT2D eigenvalue weighted by Gasteiger charge is 2.52. The quantitative estimate of drug-likeness (QED) is 0.440. The van der Waals surface area contributed by atoms with Crippen molar-refractivity contribution in [2.75, 3.05) is 7.11 Å². The zero-order valence-corrected chi connectivity index (χ0v) is 13.2. The third kappa shape index (κ3) is 3.51. The van der Waals surface area contributed by atoms with Gasteiger partial charge in [0.05, 0.1) is 18.3 Å². The Kier molecular flexibility index (Phi) is 4.69. The molecule has 0 N–H and O–H groups in total. The lowest BCUT2D eigenvalue weighted by molar-refractivity contribution is 0.00578. The van der Waals surface area contributed by atoms with Gasteiger partial charge in [-0.05, 0) is 53.1 Å². The Morgan fingerprint density at radius 3 is 1.89 bits per heavy atom. The highest BCUT2D eigenvalue weighted by molar-refractivity contribution is 6.54. The smallest absolute Gasteiger partial charge is 0.494 e. The lowest BCUT2D eigenvalue weighted by Crippen LogP contribution is -2.41. The molecule has 0 bridgehead atoms. The fourth-order valence-electron chi connectivity index (χ4n) is 1.71. The van der Waals surface area contributed by atoms with Crippen LogP contribution >= 0.6 is 0 Å². The molecule has 0 aromatic heterocycles. The van der Waals surface area contributed by atoms with E-state index in [0.717, 1.165) is 16.8 Å². The first-order chi connectivity index (χ1) is 8.60. The van der Waals surface area contributed by atoms with E-state index in [9.17, 15) is 0 Å². The van der Waals surface area contributed by atoms with Crippen LogP contribution in [0.3, 0.4) is 0 Å². The van der Waals surface area contributed by atoms with E-state index in [4.69, 9.17) is 14.0 Å². The Hall–Kier alpha value is -0.995. The summed E-state index contributed by atoms with van der Waals surface area (Å²) in [6.45, 7) is 15.9. The van der Waals surface area contributed by atoms with E-state index in [0.29, 0.717) is 0 Å². The number of ether oxygens (including phenoxy) is 1. The van der Waals surface area contributed by atoms with Crippen LogP contribution in [0.2, 0.25) is 0 Å². The van der Waals surface area contributed by atoms with Crippen LogP contribution in [0.25, 0.3) is 0 Å². The fourth-order valence-corrected chi connectivity index (χ4v) is 1.71. The zero-order valence-electron chi connectivity index (χ0n) is 13.2. The number of methoxy groups -OCH3 is 1. The van der Waals surface area contributed by atoms with Gasteiger partial charge in [0.25, 0.3) is 0 Å². The van der Waals surface area contributed by atoms with Crippen LogP contribution < -0.4 is 0 Å². The maximum atomic E-state index is 6.00. The third-order valence-corrected chi connectivity index (χ3v) is 3.73. The molecule has 0 radical (unpaired) electrons. The molecule has 106 valence electrons. The van der Waals surface area contributed by atoms with E-state index in [1.807, 2.05) is 53.7 Å². The van der Waals surface area contributed by atoms with Gasteiger partial charge in [-0.3, -0.25) is 0 Å². The van der Waals surface area contributed by atoms with Gasteiger partial charge in [0.1, 0.15) is 5.76 Å². The monoisotopic (exact) mass is 264 g/mol. The van der Waals surface area contributed by atoms with Crippen molar-refractivity contribution in [3.05, 3.63) is 35.5 Å². The Balaban J connectivity index is 2.99. The summed E-state index contributed by atoms with van der Waals surface area (Å²) in [7, 11) is 1.27. The normalized spacial score (nSPS) is 22.6. The summed E-state index contributed by atoms with van der Waals surface area (Å²) in [4.78, 5) is 0. The first-order valence-electron chi connectivity index (χ1n) is 6.54. The molecular formula is C15H25BO3. The molecule has 19 heavy (non-hydrogen) atoms. The van der Waals surface area contributed by atoms with Crippen molar-refractivity contribution < 1.29 is 14.0 Å².